The van der Waals surface area contributed by atoms with Crippen LogP contribution in [0.3, 0.4) is 0 Å². The van der Waals surface area contributed by atoms with Crippen LogP contribution >= 0.6 is 15.9 Å². The summed E-state index contributed by atoms with van der Waals surface area (Å²) in [6, 6.07) is 0. The lowest BCUT2D eigenvalue weighted by atomic mass is 10.4. The number of carbonyl (C=O) groups is 1. The van der Waals surface area contributed by atoms with Crippen molar-refractivity contribution in [3.63, 3.8) is 0 Å². The van der Waals surface area contributed by atoms with Gasteiger partial charge in [0, 0.05) is 18.9 Å². The Labute approximate surface area is 82.2 Å². The predicted octanol–water partition coefficient (Wildman–Crippen LogP) is 1.26. The smallest absolute Gasteiger partial charge is 0.248 e. The van der Waals surface area contributed by atoms with Gasteiger partial charge in [-0.1, -0.05) is 15.9 Å². The Hall–Kier alpha value is -0.0900. The maximum atomic E-state index is 11.2. The zero-order valence-corrected chi connectivity index (χ0v) is 9.43. The van der Waals surface area contributed by atoms with E-state index in [9.17, 15) is 4.79 Å². The second-order valence-electron chi connectivity index (χ2n) is 2.86. The molecule has 0 aromatic heterocycles. The quantitative estimate of drug-likeness (QED) is 0.675. The molecule has 0 rings (SSSR count). The Morgan fingerprint density at radius 1 is 1.58 bits per heavy atom. The monoisotopic (exact) mass is 237 g/mol. The first-order valence-corrected chi connectivity index (χ1v) is 5.11. The van der Waals surface area contributed by atoms with Gasteiger partial charge in [-0.3, -0.25) is 4.79 Å². The summed E-state index contributed by atoms with van der Waals surface area (Å²) in [4.78, 5) is 12.9. The van der Waals surface area contributed by atoms with Crippen molar-refractivity contribution in [2.45, 2.75) is 20.0 Å². The number of hydrogen-bond donors (Lipinski definition) is 0. The normalized spacial score (nSPS) is 10.4. The summed E-state index contributed by atoms with van der Waals surface area (Å²) >= 11 is 3.26. The van der Waals surface area contributed by atoms with Crippen LogP contribution in [-0.2, 0) is 9.53 Å². The number of carbonyl (C=O) groups excluding carboxylic acids is 1. The van der Waals surface area contributed by atoms with Gasteiger partial charge in [-0.2, -0.15) is 0 Å². The molecular weight excluding hydrogens is 222 g/mol. The summed E-state index contributed by atoms with van der Waals surface area (Å²) in [5.41, 5.74) is 0. The van der Waals surface area contributed by atoms with E-state index in [-0.39, 0.29) is 18.6 Å². The Kier molecular flexibility index (Phi) is 6.38. The molecule has 0 aromatic carbocycles. The summed E-state index contributed by atoms with van der Waals surface area (Å²) in [6.45, 7) is 4.73. The topological polar surface area (TPSA) is 29.5 Å². The second-order valence-corrected chi connectivity index (χ2v) is 3.66. The van der Waals surface area contributed by atoms with Crippen LogP contribution in [0.4, 0.5) is 0 Å². The first kappa shape index (κ1) is 11.9. The minimum absolute atomic E-state index is 0.0307. The highest BCUT2D eigenvalue weighted by atomic mass is 79.9. The standard InChI is InChI=1S/C8H16BrNO2/c1-7(2)12-6-8(11)10(3)5-4-9/h7H,4-6H2,1-3H3. The van der Waals surface area contributed by atoms with Gasteiger partial charge in [-0.15, -0.1) is 0 Å². The van der Waals surface area contributed by atoms with E-state index < -0.39 is 0 Å². The zero-order valence-electron chi connectivity index (χ0n) is 7.84. The molecule has 0 aliphatic carbocycles. The predicted molar refractivity (Wildman–Crippen MR) is 52.5 cm³/mol. The highest BCUT2D eigenvalue weighted by Crippen LogP contribution is 1.92. The summed E-state index contributed by atoms with van der Waals surface area (Å²) in [5, 5.41) is 0.802. The van der Waals surface area contributed by atoms with Gasteiger partial charge >= 0.3 is 0 Å². The molecule has 0 saturated carbocycles. The third-order valence-corrected chi connectivity index (χ3v) is 1.74. The molecule has 0 heterocycles. The fourth-order valence-corrected chi connectivity index (χ4v) is 1.13. The van der Waals surface area contributed by atoms with Crippen LogP contribution in [0.15, 0.2) is 0 Å². The van der Waals surface area contributed by atoms with Gasteiger partial charge in [0.2, 0.25) is 5.91 Å². The van der Waals surface area contributed by atoms with Crippen LogP contribution in [0.2, 0.25) is 0 Å². The third kappa shape index (κ3) is 5.55. The van der Waals surface area contributed by atoms with Crippen LogP contribution in [0, 0.1) is 0 Å². The molecule has 0 aliphatic heterocycles. The summed E-state index contributed by atoms with van der Waals surface area (Å²) < 4.78 is 5.16. The van der Waals surface area contributed by atoms with Crippen LogP contribution in [-0.4, -0.2) is 42.4 Å². The van der Waals surface area contributed by atoms with E-state index in [2.05, 4.69) is 15.9 Å². The Bertz CT molecular complexity index is 139. The fourth-order valence-electron chi connectivity index (χ4n) is 0.600. The molecule has 0 saturated heterocycles. The maximum Gasteiger partial charge on any atom is 0.248 e. The number of likely N-dealkylation sites (N-methyl/N-ethyl adjacent to an activating group) is 1. The van der Waals surface area contributed by atoms with Crippen molar-refractivity contribution in [3.05, 3.63) is 0 Å². The molecule has 0 bridgehead atoms. The molecule has 0 unspecified atom stereocenters. The number of hydrogen-bond acceptors (Lipinski definition) is 2. The summed E-state index contributed by atoms with van der Waals surface area (Å²) in [5.74, 6) is 0.0307. The second kappa shape index (κ2) is 6.43. The van der Waals surface area contributed by atoms with E-state index in [1.165, 1.54) is 0 Å². The number of amides is 1. The van der Waals surface area contributed by atoms with Gasteiger partial charge < -0.3 is 9.64 Å². The Balaban J connectivity index is 3.57. The van der Waals surface area contributed by atoms with Crippen molar-refractivity contribution in [2.24, 2.45) is 0 Å². The van der Waals surface area contributed by atoms with E-state index in [0.29, 0.717) is 0 Å². The molecule has 12 heavy (non-hydrogen) atoms. The molecule has 0 aliphatic rings. The van der Waals surface area contributed by atoms with E-state index in [4.69, 9.17) is 4.74 Å². The van der Waals surface area contributed by atoms with Crippen LogP contribution in [0.5, 0.6) is 0 Å². The van der Waals surface area contributed by atoms with E-state index in [1.807, 2.05) is 13.8 Å². The van der Waals surface area contributed by atoms with Crippen LogP contribution < -0.4 is 0 Å². The first-order chi connectivity index (χ1) is 5.57. The highest BCUT2D eigenvalue weighted by molar-refractivity contribution is 9.09. The maximum absolute atomic E-state index is 11.2. The van der Waals surface area contributed by atoms with Crippen LogP contribution in [0.25, 0.3) is 0 Å². The lowest BCUT2D eigenvalue weighted by Crippen LogP contribution is -2.32. The van der Waals surface area contributed by atoms with E-state index in [0.717, 1.165) is 11.9 Å². The van der Waals surface area contributed by atoms with E-state index >= 15 is 0 Å². The zero-order chi connectivity index (χ0) is 9.56. The molecule has 0 aromatic rings. The molecular formula is C8H16BrNO2. The average Bonchev–Trinajstić information content (AvgIpc) is 2.00. The van der Waals surface area contributed by atoms with Gasteiger partial charge in [0.1, 0.15) is 6.61 Å². The van der Waals surface area contributed by atoms with E-state index in [1.54, 1.807) is 11.9 Å². The minimum Gasteiger partial charge on any atom is -0.369 e. The van der Waals surface area contributed by atoms with Gasteiger partial charge in [0.15, 0.2) is 0 Å². The molecule has 72 valence electrons. The largest absolute Gasteiger partial charge is 0.369 e. The SMILES string of the molecule is CC(C)OCC(=O)N(C)CCBr. The first-order valence-electron chi connectivity index (χ1n) is 3.99. The van der Waals surface area contributed by atoms with Crippen LogP contribution in [0.1, 0.15) is 13.8 Å². The molecule has 4 heteroatoms. The average molecular weight is 238 g/mol. The van der Waals surface area contributed by atoms with Crippen molar-refractivity contribution in [3.8, 4) is 0 Å². The van der Waals surface area contributed by atoms with Crippen molar-refractivity contribution < 1.29 is 9.53 Å². The molecule has 3 nitrogen and oxygen atoms in total. The number of alkyl halides is 1. The summed E-state index contributed by atoms with van der Waals surface area (Å²) in [6.07, 6.45) is 0.117. The Morgan fingerprint density at radius 2 is 2.17 bits per heavy atom. The molecule has 0 atom stereocenters. The molecule has 0 spiro atoms. The summed E-state index contributed by atoms with van der Waals surface area (Å²) in [7, 11) is 1.77. The molecule has 0 radical (unpaired) electrons. The van der Waals surface area contributed by atoms with Crippen molar-refractivity contribution in [1.29, 1.82) is 0 Å². The number of halogens is 1. The molecule has 0 N–H and O–H groups in total. The fraction of sp³-hybridized carbons (Fsp3) is 0.875. The van der Waals surface area contributed by atoms with Crippen molar-refractivity contribution in [1.82, 2.24) is 4.90 Å². The van der Waals surface area contributed by atoms with Gasteiger partial charge in [0.05, 0.1) is 6.10 Å². The van der Waals surface area contributed by atoms with Crippen molar-refractivity contribution in [2.75, 3.05) is 25.5 Å². The lowest BCUT2D eigenvalue weighted by molar-refractivity contribution is -0.135. The number of nitrogens with zero attached hydrogens (tertiary/aromatic N) is 1. The minimum atomic E-state index is 0.0307. The molecule has 1 amide bonds. The van der Waals surface area contributed by atoms with Crippen molar-refractivity contribution >= 4 is 21.8 Å². The third-order valence-electron chi connectivity index (χ3n) is 1.39. The molecule has 0 fully saturated rings. The highest BCUT2D eigenvalue weighted by Gasteiger charge is 2.07. The number of rotatable bonds is 5. The van der Waals surface area contributed by atoms with Gasteiger partial charge in [0.25, 0.3) is 0 Å². The Morgan fingerprint density at radius 3 is 2.58 bits per heavy atom. The van der Waals surface area contributed by atoms with Gasteiger partial charge in [-0.25, -0.2) is 0 Å². The lowest BCUT2D eigenvalue weighted by Gasteiger charge is -2.16. The number of ether oxygens (including phenoxy) is 1. The van der Waals surface area contributed by atoms with Gasteiger partial charge in [-0.05, 0) is 13.8 Å².